The van der Waals surface area contributed by atoms with E-state index >= 15 is 0 Å². The van der Waals surface area contributed by atoms with Gasteiger partial charge in [-0.2, -0.15) is 0 Å². The summed E-state index contributed by atoms with van der Waals surface area (Å²) in [5.41, 5.74) is 0.997. The molecule has 5 heteroatoms. The zero-order chi connectivity index (χ0) is 18.5. The number of hydrogen-bond donors (Lipinski definition) is 0. The molecule has 0 amide bonds. The summed E-state index contributed by atoms with van der Waals surface area (Å²) in [7, 11) is 0. The van der Waals surface area contributed by atoms with Crippen molar-refractivity contribution in [1.82, 2.24) is 0 Å². The minimum absolute atomic E-state index is 0.00251. The number of nitrogens with zero attached hydrogens (tertiary/aromatic N) is 1. The Morgan fingerprint density at radius 3 is 2.54 bits per heavy atom. The minimum atomic E-state index is -0.391. The van der Waals surface area contributed by atoms with E-state index in [-0.39, 0.29) is 35.3 Å². The third-order valence-electron chi connectivity index (χ3n) is 5.50. The van der Waals surface area contributed by atoms with E-state index in [0.29, 0.717) is 5.76 Å². The van der Waals surface area contributed by atoms with Crippen molar-refractivity contribution in [2.45, 2.75) is 58.3 Å². The van der Waals surface area contributed by atoms with E-state index in [4.69, 9.17) is 9.47 Å². The van der Waals surface area contributed by atoms with E-state index in [9.17, 15) is 10.1 Å². The first-order valence-electron chi connectivity index (χ1n) is 9.75. The second-order valence-corrected chi connectivity index (χ2v) is 7.78. The summed E-state index contributed by atoms with van der Waals surface area (Å²) < 4.78 is 12.5. The smallest absolute Gasteiger partial charge is 0.214 e. The number of rotatable bonds is 6. The number of benzene rings is 1. The van der Waals surface area contributed by atoms with Crippen LogP contribution in [0.3, 0.4) is 0 Å². The van der Waals surface area contributed by atoms with Gasteiger partial charge in [-0.05, 0) is 30.4 Å². The van der Waals surface area contributed by atoms with Crippen molar-refractivity contribution in [1.29, 1.82) is 0 Å². The third-order valence-corrected chi connectivity index (χ3v) is 5.50. The molecule has 1 aromatic rings. The minimum Gasteiger partial charge on any atom is -0.468 e. The molecular formula is C21H29NO4. The maximum atomic E-state index is 11.3. The summed E-state index contributed by atoms with van der Waals surface area (Å²) in [6.45, 7) is 4.08. The highest BCUT2D eigenvalue weighted by Gasteiger charge is 2.47. The van der Waals surface area contributed by atoms with Gasteiger partial charge in [0.2, 0.25) is 12.8 Å². The van der Waals surface area contributed by atoms with Crippen molar-refractivity contribution in [2.24, 2.45) is 17.8 Å². The first-order chi connectivity index (χ1) is 12.5. The molecule has 1 aliphatic heterocycles. The molecule has 1 aromatic carbocycles. The lowest BCUT2D eigenvalue weighted by atomic mass is 9.83. The molecule has 0 spiro atoms. The van der Waals surface area contributed by atoms with Crippen molar-refractivity contribution in [2.75, 3.05) is 6.54 Å². The van der Waals surface area contributed by atoms with Crippen LogP contribution in [0.5, 0.6) is 0 Å². The van der Waals surface area contributed by atoms with E-state index in [1.54, 1.807) is 0 Å². The van der Waals surface area contributed by atoms with Crippen molar-refractivity contribution in [3.8, 4) is 0 Å². The second kappa shape index (κ2) is 8.67. The summed E-state index contributed by atoms with van der Waals surface area (Å²) >= 11 is 0. The van der Waals surface area contributed by atoms with Gasteiger partial charge in [0.05, 0.1) is 12.0 Å². The number of ether oxygens (including phenoxy) is 2. The molecule has 0 N–H and O–H groups in total. The van der Waals surface area contributed by atoms with Crippen molar-refractivity contribution in [3.63, 3.8) is 0 Å². The van der Waals surface area contributed by atoms with Gasteiger partial charge >= 0.3 is 0 Å². The lowest BCUT2D eigenvalue weighted by molar-refractivity contribution is -0.488. The first kappa shape index (κ1) is 18.9. The Hall–Kier alpha value is -1.88. The fraction of sp³-hybridized carbons (Fsp3) is 0.619. The molecule has 5 nitrogen and oxygen atoms in total. The zero-order valence-corrected chi connectivity index (χ0v) is 15.7. The van der Waals surface area contributed by atoms with Crippen LogP contribution in [0.15, 0.2) is 36.1 Å². The molecule has 2 aliphatic rings. The van der Waals surface area contributed by atoms with Gasteiger partial charge in [-0.15, -0.1) is 0 Å². The molecule has 1 saturated carbocycles. The Morgan fingerprint density at radius 2 is 1.92 bits per heavy atom. The van der Waals surface area contributed by atoms with Crippen molar-refractivity contribution in [3.05, 3.63) is 51.8 Å². The molecule has 0 radical (unpaired) electrons. The summed E-state index contributed by atoms with van der Waals surface area (Å²) in [6, 6.07) is 9.84. The average molecular weight is 359 g/mol. The van der Waals surface area contributed by atoms with E-state index in [1.807, 2.05) is 36.4 Å². The maximum absolute atomic E-state index is 11.3. The standard InChI is InChI=1S/C21H29NO4/c1-15(2)20-18(14-22(23)24)19(13-16-9-5-3-6-10-16)26-21(20)25-17-11-7-4-8-12-17/h3,5-6,9-10,13,15,17-18,20-21H,4,7-8,11-12,14H2,1-2H3/b19-13-/t18-,20-,21+/m1/s1. The van der Waals surface area contributed by atoms with Crippen LogP contribution in [0.4, 0.5) is 0 Å². The van der Waals surface area contributed by atoms with Crippen LogP contribution in [-0.4, -0.2) is 23.9 Å². The quantitative estimate of drug-likeness (QED) is 0.535. The lowest BCUT2D eigenvalue weighted by Gasteiger charge is -2.29. The molecule has 1 heterocycles. The Bertz CT molecular complexity index is 622. The first-order valence-corrected chi connectivity index (χ1v) is 9.75. The van der Waals surface area contributed by atoms with Gasteiger partial charge in [0.15, 0.2) is 0 Å². The van der Waals surface area contributed by atoms with Gasteiger partial charge in [0.25, 0.3) is 0 Å². The molecule has 0 aromatic heterocycles. The SMILES string of the molecule is CC(C)[C@H]1[C@@H](OC2CCCCC2)O/C(=C\c2ccccc2)[C@H]1C[N+](=O)[O-]. The molecule has 1 saturated heterocycles. The molecule has 26 heavy (non-hydrogen) atoms. The molecular weight excluding hydrogens is 330 g/mol. The van der Waals surface area contributed by atoms with E-state index in [1.165, 1.54) is 19.3 Å². The van der Waals surface area contributed by atoms with Crippen LogP contribution in [-0.2, 0) is 9.47 Å². The van der Waals surface area contributed by atoms with E-state index < -0.39 is 6.29 Å². The fourth-order valence-electron chi connectivity index (χ4n) is 4.19. The van der Waals surface area contributed by atoms with Crippen LogP contribution in [0.2, 0.25) is 0 Å². The highest BCUT2D eigenvalue weighted by molar-refractivity contribution is 5.52. The Balaban J connectivity index is 1.85. The Labute approximate surface area is 155 Å². The highest BCUT2D eigenvalue weighted by atomic mass is 16.7. The molecule has 3 rings (SSSR count). The van der Waals surface area contributed by atoms with E-state index in [2.05, 4.69) is 13.8 Å². The van der Waals surface area contributed by atoms with Crippen LogP contribution >= 0.6 is 0 Å². The second-order valence-electron chi connectivity index (χ2n) is 7.78. The average Bonchev–Trinajstić information content (AvgIpc) is 2.93. The highest BCUT2D eigenvalue weighted by Crippen LogP contribution is 2.43. The van der Waals surface area contributed by atoms with Gasteiger partial charge in [-0.3, -0.25) is 10.1 Å². The molecule has 1 aliphatic carbocycles. The van der Waals surface area contributed by atoms with E-state index in [0.717, 1.165) is 18.4 Å². The number of hydrogen-bond acceptors (Lipinski definition) is 4. The molecule has 0 unspecified atom stereocenters. The number of nitro groups is 1. The Morgan fingerprint density at radius 1 is 1.23 bits per heavy atom. The maximum Gasteiger partial charge on any atom is 0.214 e. The van der Waals surface area contributed by atoms with Gasteiger partial charge < -0.3 is 9.47 Å². The van der Waals surface area contributed by atoms with Crippen LogP contribution in [0.25, 0.3) is 6.08 Å². The fourth-order valence-corrected chi connectivity index (χ4v) is 4.19. The van der Waals surface area contributed by atoms with Crippen LogP contribution < -0.4 is 0 Å². The van der Waals surface area contributed by atoms with Gasteiger partial charge in [0.1, 0.15) is 5.76 Å². The molecule has 2 fully saturated rings. The predicted molar refractivity (Wildman–Crippen MR) is 101 cm³/mol. The Kier molecular flexibility index (Phi) is 6.30. The van der Waals surface area contributed by atoms with Gasteiger partial charge in [-0.1, -0.05) is 63.4 Å². The summed E-state index contributed by atoms with van der Waals surface area (Å²) in [4.78, 5) is 11.1. The lowest BCUT2D eigenvalue weighted by Crippen LogP contribution is -2.34. The van der Waals surface area contributed by atoms with Crippen molar-refractivity contribution < 1.29 is 14.4 Å². The van der Waals surface area contributed by atoms with Gasteiger partial charge in [-0.25, -0.2) is 0 Å². The van der Waals surface area contributed by atoms with Crippen LogP contribution in [0, 0.1) is 27.9 Å². The summed E-state index contributed by atoms with van der Waals surface area (Å²) in [5, 5.41) is 11.3. The predicted octanol–water partition coefficient (Wildman–Crippen LogP) is 4.90. The third kappa shape index (κ3) is 4.64. The molecule has 142 valence electrons. The van der Waals surface area contributed by atoms with Crippen LogP contribution in [0.1, 0.15) is 51.5 Å². The monoisotopic (exact) mass is 359 g/mol. The molecule has 0 bridgehead atoms. The summed E-state index contributed by atoms with van der Waals surface area (Å²) in [6.07, 6.45) is 7.52. The normalized spacial score (nSPS) is 28.4. The van der Waals surface area contributed by atoms with Gasteiger partial charge in [0, 0.05) is 10.8 Å². The molecule has 3 atom stereocenters. The largest absolute Gasteiger partial charge is 0.468 e. The van der Waals surface area contributed by atoms with Crippen molar-refractivity contribution >= 4 is 6.08 Å². The summed E-state index contributed by atoms with van der Waals surface area (Å²) in [5.74, 6) is 0.679. The zero-order valence-electron chi connectivity index (χ0n) is 15.7. The topological polar surface area (TPSA) is 61.6 Å².